The van der Waals surface area contributed by atoms with Crippen LogP contribution >= 0.6 is 0 Å². The van der Waals surface area contributed by atoms with Crippen LogP contribution in [0.1, 0.15) is 37.4 Å². The largest absolute Gasteiger partial charge is 0.395 e. The van der Waals surface area contributed by atoms with Gasteiger partial charge in [0.2, 0.25) is 0 Å². The quantitative estimate of drug-likeness (QED) is 0.686. The molecule has 0 unspecified atom stereocenters. The smallest absolute Gasteiger partial charge is 0.130 e. The lowest BCUT2D eigenvalue weighted by atomic mass is 10.1. The average molecular weight is 262 g/mol. The van der Waals surface area contributed by atoms with E-state index < -0.39 is 0 Å². The molecule has 1 aromatic rings. The molecule has 1 aromatic heterocycles. The molecule has 19 heavy (non-hydrogen) atoms. The van der Waals surface area contributed by atoms with Crippen LogP contribution in [0, 0.1) is 0 Å². The Morgan fingerprint density at radius 1 is 1.47 bits per heavy atom. The Kier molecular flexibility index (Phi) is 4.87. The number of fused-ring (bicyclic) bond motifs is 1. The fourth-order valence-corrected chi connectivity index (χ4v) is 2.34. The van der Waals surface area contributed by atoms with Crippen molar-refractivity contribution in [3.8, 4) is 0 Å². The van der Waals surface area contributed by atoms with Crippen LogP contribution in [-0.2, 0) is 6.42 Å². The molecule has 0 spiro atoms. The van der Waals surface area contributed by atoms with Gasteiger partial charge in [-0.3, -0.25) is 0 Å². The van der Waals surface area contributed by atoms with E-state index in [9.17, 15) is 5.11 Å². The van der Waals surface area contributed by atoms with Gasteiger partial charge in [-0.15, -0.1) is 0 Å². The number of unbranched alkanes of at least 4 members (excludes halogenated alkanes) is 1. The molecule has 0 saturated heterocycles. The van der Waals surface area contributed by atoms with Gasteiger partial charge in [-0.1, -0.05) is 25.8 Å². The second-order valence-corrected chi connectivity index (χ2v) is 4.92. The van der Waals surface area contributed by atoms with Crippen molar-refractivity contribution in [1.82, 2.24) is 15.3 Å². The van der Waals surface area contributed by atoms with Gasteiger partial charge in [-0.2, -0.15) is 0 Å². The molecule has 0 fully saturated rings. The van der Waals surface area contributed by atoms with Crippen molar-refractivity contribution in [3.63, 3.8) is 0 Å². The summed E-state index contributed by atoms with van der Waals surface area (Å²) in [6.07, 6.45) is 7.72. The van der Waals surface area contributed by atoms with Crippen molar-refractivity contribution in [2.45, 2.75) is 38.6 Å². The summed E-state index contributed by atoms with van der Waals surface area (Å²) in [4.78, 5) is 8.32. The molecule has 1 atom stereocenters. The number of nitrogens with two attached hydrogens (primary N) is 1. The number of nitrogen functional groups attached to an aromatic ring is 1. The monoisotopic (exact) mass is 262 g/mol. The zero-order valence-electron chi connectivity index (χ0n) is 11.4. The molecule has 0 saturated carbocycles. The first-order valence-electron chi connectivity index (χ1n) is 6.89. The van der Waals surface area contributed by atoms with Crippen LogP contribution < -0.4 is 11.1 Å². The van der Waals surface area contributed by atoms with Gasteiger partial charge in [0.15, 0.2) is 0 Å². The van der Waals surface area contributed by atoms with Gasteiger partial charge in [0, 0.05) is 18.2 Å². The summed E-state index contributed by atoms with van der Waals surface area (Å²) in [7, 11) is 0. The number of allylic oxidation sites excluding steroid dienone is 1. The molecule has 104 valence electrons. The third-order valence-electron chi connectivity index (χ3n) is 3.54. The number of aliphatic hydroxyl groups excluding tert-OH is 1. The summed E-state index contributed by atoms with van der Waals surface area (Å²) in [5, 5.41) is 12.7. The zero-order chi connectivity index (χ0) is 13.7. The number of anilines is 1. The van der Waals surface area contributed by atoms with E-state index in [1.165, 1.54) is 6.33 Å². The van der Waals surface area contributed by atoms with E-state index in [2.05, 4.69) is 28.3 Å². The standard InChI is InChI=1S/C14H22N4O/c1-2-3-4-11(8-19)16-7-10-5-6-12-13(10)17-9-18-14(12)15/h5,9,11,16,19H,2-4,6-8H2,1H3,(H2,15,17,18)/t11-/m1/s1. The molecule has 5 heteroatoms. The van der Waals surface area contributed by atoms with Crippen molar-refractivity contribution < 1.29 is 5.11 Å². The highest BCUT2D eigenvalue weighted by molar-refractivity contribution is 5.74. The van der Waals surface area contributed by atoms with Crippen LogP contribution in [-0.4, -0.2) is 34.3 Å². The summed E-state index contributed by atoms with van der Waals surface area (Å²) in [5.41, 5.74) is 8.96. The molecule has 1 aliphatic carbocycles. The lowest BCUT2D eigenvalue weighted by Gasteiger charge is -2.16. The molecular formula is C14H22N4O. The number of nitrogens with one attached hydrogen (secondary N) is 1. The van der Waals surface area contributed by atoms with Gasteiger partial charge in [0.1, 0.15) is 12.1 Å². The summed E-state index contributed by atoms with van der Waals surface area (Å²) in [6, 6.07) is 0.157. The van der Waals surface area contributed by atoms with Crippen LogP contribution in [0.5, 0.6) is 0 Å². The molecule has 4 N–H and O–H groups in total. The molecule has 0 aliphatic heterocycles. The van der Waals surface area contributed by atoms with E-state index in [-0.39, 0.29) is 12.6 Å². The van der Waals surface area contributed by atoms with Gasteiger partial charge in [-0.05, 0) is 18.4 Å². The Morgan fingerprint density at radius 3 is 3.05 bits per heavy atom. The van der Waals surface area contributed by atoms with Gasteiger partial charge in [-0.25, -0.2) is 9.97 Å². The minimum atomic E-state index is 0.157. The maximum Gasteiger partial charge on any atom is 0.130 e. The van der Waals surface area contributed by atoms with E-state index in [1.54, 1.807) is 0 Å². The van der Waals surface area contributed by atoms with E-state index in [4.69, 9.17) is 5.73 Å². The van der Waals surface area contributed by atoms with Gasteiger partial charge < -0.3 is 16.2 Å². The van der Waals surface area contributed by atoms with E-state index in [0.29, 0.717) is 5.82 Å². The van der Waals surface area contributed by atoms with Gasteiger partial charge >= 0.3 is 0 Å². The van der Waals surface area contributed by atoms with Crippen LogP contribution in [0.3, 0.4) is 0 Å². The van der Waals surface area contributed by atoms with Crippen LogP contribution in [0.25, 0.3) is 5.57 Å². The third kappa shape index (κ3) is 3.30. The van der Waals surface area contributed by atoms with Crippen molar-refractivity contribution in [2.75, 3.05) is 18.9 Å². The Morgan fingerprint density at radius 2 is 2.32 bits per heavy atom. The number of aromatic nitrogens is 2. The second kappa shape index (κ2) is 6.63. The Labute approximate surface area is 114 Å². The summed E-state index contributed by atoms with van der Waals surface area (Å²) >= 11 is 0. The normalized spacial score (nSPS) is 15.2. The van der Waals surface area contributed by atoms with Gasteiger partial charge in [0.25, 0.3) is 0 Å². The highest BCUT2D eigenvalue weighted by atomic mass is 16.3. The molecule has 5 nitrogen and oxygen atoms in total. The molecule has 0 bridgehead atoms. The van der Waals surface area contributed by atoms with Crippen LogP contribution in [0.15, 0.2) is 12.4 Å². The fraction of sp³-hybridized carbons (Fsp3) is 0.571. The van der Waals surface area contributed by atoms with E-state index in [1.807, 2.05) is 0 Å². The fourth-order valence-electron chi connectivity index (χ4n) is 2.34. The first-order valence-corrected chi connectivity index (χ1v) is 6.89. The van der Waals surface area contributed by atoms with Crippen LogP contribution in [0.2, 0.25) is 0 Å². The number of hydrogen-bond acceptors (Lipinski definition) is 5. The van der Waals surface area contributed by atoms with Crippen molar-refractivity contribution in [1.29, 1.82) is 0 Å². The number of aliphatic hydroxyl groups is 1. The van der Waals surface area contributed by atoms with Crippen molar-refractivity contribution in [3.05, 3.63) is 23.7 Å². The first-order chi connectivity index (χ1) is 9.26. The Balaban J connectivity index is 1.93. The van der Waals surface area contributed by atoms with Crippen molar-refractivity contribution in [2.24, 2.45) is 0 Å². The maximum absolute atomic E-state index is 9.34. The zero-order valence-corrected chi connectivity index (χ0v) is 11.4. The molecule has 2 rings (SSSR count). The molecule has 0 amide bonds. The molecule has 0 aromatic carbocycles. The molecule has 1 heterocycles. The number of hydrogen-bond donors (Lipinski definition) is 3. The Hall–Kier alpha value is -1.46. The SMILES string of the molecule is CCCC[C@H](CO)NCC1=CCc2c(N)ncnc21. The minimum Gasteiger partial charge on any atom is -0.395 e. The molecule has 1 aliphatic rings. The topological polar surface area (TPSA) is 84.1 Å². The predicted octanol–water partition coefficient (Wildman–Crippen LogP) is 1.14. The van der Waals surface area contributed by atoms with E-state index >= 15 is 0 Å². The second-order valence-electron chi connectivity index (χ2n) is 4.92. The average Bonchev–Trinajstić information content (AvgIpc) is 2.84. The molecule has 0 radical (unpaired) electrons. The maximum atomic E-state index is 9.34. The highest BCUT2D eigenvalue weighted by Crippen LogP contribution is 2.27. The summed E-state index contributed by atoms with van der Waals surface area (Å²) < 4.78 is 0. The number of nitrogens with zero attached hydrogens (tertiary/aromatic N) is 2. The summed E-state index contributed by atoms with van der Waals surface area (Å²) in [5.74, 6) is 0.570. The highest BCUT2D eigenvalue weighted by Gasteiger charge is 2.19. The van der Waals surface area contributed by atoms with Crippen LogP contribution in [0.4, 0.5) is 5.82 Å². The molecular weight excluding hydrogens is 240 g/mol. The summed E-state index contributed by atoms with van der Waals surface area (Å²) in [6.45, 7) is 3.05. The predicted molar refractivity (Wildman–Crippen MR) is 76.5 cm³/mol. The lowest BCUT2D eigenvalue weighted by molar-refractivity contribution is 0.237. The van der Waals surface area contributed by atoms with E-state index in [0.717, 1.165) is 49.1 Å². The Bertz CT molecular complexity index is 459. The minimum absolute atomic E-state index is 0.157. The lowest BCUT2D eigenvalue weighted by Crippen LogP contribution is -2.33. The first kappa shape index (κ1) is 14.0. The number of rotatable bonds is 7. The van der Waals surface area contributed by atoms with Gasteiger partial charge in [0.05, 0.1) is 12.3 Å². The third-order valence-corrected chi connectivity index (χ3v) is 3.54. The van der Waals surface area contributed by atoms with Crippen molar-refractivity contribution >= 4 is 11.4 Å².